The summed E-state index contributed by atoms with van der Waals surface area (Å²) >= 11 is 15.5. The molecule has 0 spiro atoms. The van der Waals surface area contributed by atoms with Crippen LogP contribution in [0.4, 0.5) is 4.39 Å². The van der Waals surface area contributed by atoms with Gasteiger partial charge in [-0.05, 0) is 48.9 Å². The summed E-state index contributed by atoms with van der Waals surface area (Å²) in [5.74, 6) is -0.231. The lowest BCUT2D eigenvalue weighted by atomic mass is 10.1. The molecule has 1 N–H and O–H groups in total. The fourth-order valence-corrected chi connectivity index (χ4v) is 2.77. The first-order valence-corrected chi connectivity index (χ1v) is 7.64. The third-order valence-corrected chi connectivity index (χ3v) is 4.10. The van der Waals surface area contributed by atoms with Crippen molar-refractivity contribution in [3.63, 3.8) is 0 Å². The molecule has 2 aromatic rings. The predicted octanol–water partition coefficient (Wildman–Crippen LogP) is 5.75. The Kier molecular flexibility index (Phi) is 5.44. The van der Waals surface area contributed by atoms with E-state index in [-0.39, 0.29) is 11.9 Å². The van der Waals surface area contributed by atoms with Crippen LogP contribution in [0.2, 0.25) is 10.0 Å². The van der Waals surface area contributed by atoms with Gasteiger partial charge in [0.05, 0.1) is 0 Å². The van der Waals surface area contributed by atoms with Crippen molar-refractivity contribution in [3.8, 4) is 0 Å². The normalized spacial score (nSPS) is 12.4. The van der Waals surface area contributed by atoms with Gasteiger partial charge in [-0.1, -0.05) is 39.1 Å². The van der Waals surface area contributed by atoms with E-state index >= 15 is 0 Å². The van der Waals surface area contributed by atoms with Crippen molar-refractivity contribution in [2.75, 3.05) is 0 Å². The van der Waals surface area contributed by atoms with Crippen LogP contribution in [-0.4, -0.2) is 0 Å². The molecule has 1 unspecified atom stereocenters. The molecule has 0 saturated carbocycles. The van der Waals surface area contributed by atoms with Gasteiger partial charge in [0.1, 0.15) is 5.82 Å². The van der Waals surface area contributed by atoms with Gasteiger partial charge in [0.2, 0.25) is 0 Å². The van der Waals surface area contributed by atoms with Crippen LogP contribution in [0.1, 0.15) is 24.1 Å². The van der Waals surface area contributed by atoms with E-state index in [4.69, 9.17) is 23.2 Å². The zero-order valence-corrected chi connectivity index (χ0v) is 13.9. The predicted molar refractivity (Wildman–Crippen MR) is 85.8 cm³/mol. The van der Waals surface area contributed by atoms with Crippen molar-refractivity contribution in [1.82, 2.24) is 5.32 Å². The summed E-state index contributed by atoms with van der Waals surface area (Å²) in [6.07, 6.45) is 0. The molecule has 1 nitrogen and oxygen atoms in total. The highest BCUT2D eigenvalue weighted by Gasteiger charge is 2.11. The van der Waals surface area contributed by atoms with Crippen LogP contribution in [0.25, 0.3) is 0 Å². The molecule has 0 bridgehead atoms. The zero-order chi connectivity index (χ0) is 14.7. The van der Waals surface area contributed by atoms with Crippen molar-refractivity contribution < 1.29 is 4.39 Å². The maximum Gasteiger partial charge on any atom is 0.127 e. The maximum atomic E-state index is 13.7. The second-order valence-corrected chi connectivity index (χ2v) is 6.26. The standard InChI is InChI=1S/C15H13BrCl2FN/c1-9(13-7-12(17)3-4-14(13)18)20-8-10-6-11(16)2-5-15(10)19/h2-7,9,20H,8H2,1H3. The number of hydrogen-bond donors (Lipinski definition) is 1. The molecule has 0 heterocycles. The number of rotatable bonds is 4. The van der Waals surface area contributed by atoms with E-state index in [0.29, 0.717) is 22.2 Å². The number of hydrogen-bond acceptors (Lipinski definition) is 1. The molecule has 0 aliphatic heterocycles. The van der Waals surface area contributed by atoms with Gasteiger partial charge in [-0.3, -0.25) is 0 Å². The molecule has 0 aliphatic carbocycles. The summed E-state index contributed by atoms with van der Waals surface area (Å²) in [6, 6.07) is 10.2. The second-order valence-electron chi connectivity index (χ2n) is 4.50. The topological polar surface area (TPSA) is 12.0 Å². The van der Waals surface area contributed by atoms with Crippen LogP contribution < -0.4 is 5.32 Å². The molecule has 0 fully saturated rings. The number of benzene rings is 2. The SMILES string of the molecule is CC(NCc1cc(Br)ccc1F)c1cc(Cl)ccc1Cl. The van der Waals surface area contributed by atoms with Crippen molar-refractivity contribution in [2.45, 2.75) is 19.5 Å². The highest BCUT2D eigenvalue weighted by atomic mass is 79.9. The Morgan fingerprint density at radius 1 is 1.20 bits per heavy atom. The zero-order valence-electron chi connectivity index (χ0n) is 10.8. The van der Waals surface area contributed by atoms with Gasteiger partial charge in [-0.25, -0.2) is 4.39 Å². The Balaban J connectivity index is 2.10. The average molecular weight is 377 g/mol. The second kappa shape index (κ2) is 6.90. The molecule has 1 atom stereocenters. The minimum atomic E-state index is -0.231. The van der Waals surface area contributed by atoms with Crippen molar-refractivity contribution in [2.24, 2.45) is 0 Å². The molecule has 20 heavy (non-hydrogen) atoms. The summed E-state index contributed by atoms with van der Waals surface area (Å²) < 4.78 is 14.5. The first-order chi connectivity index (χ1) is 9.47. The Bertz CT molecular complexity index is 619. The van der Waals surface area contributed by atoms with Crippen molar-refractivity contribution in [3.05, 3.63) is 67.9 Å². The van der Waals surface area contributed by atoms with Crippen LogP contribution >= 0.6 is 39.1 Å². The molecule has 2 aromatic carbocycles. The van der Waals surface area contributed by atoms with Gasteiger partial charge < -0.3 is 5.32 Å². The monoisotopic (exact) mass is 375 g/mol. The van der Waals surface area contributed by atoms with Crippen molar-refractivity contribution >= 4 is 39.1 Å². The van der Waals surface area contributed by atoms with Crippen LogP contribution in [0.5, 0.6) is 0 Å². The largest absolute Gasteiger partial charge is 0.306 e. The molecule has 5 heteroatoms. The Morgan fingerprint density at radius 3 is 2.70 bits per heavy atom. The van der Waals surface area contributed by atoms with Crippen LogP contribution in [-0.2, 0) is 6.54 Å². The summed E-state index contributed by atoms with van der Waals surface area (Å²) in [5, 5.41) is 4.52. The van der Waals surface area contributed by atoms with E-state index in [2.05, 4.69) is 21.2 Å². The van der Waals surface area contributed by atoms with E-state index in [0.717, 1.165) is 10.0 Å². The molecular weight excluding hydrogens is 364 g/mol. The third-order valence-electron chi connectivity index (χ3n) is 3.03. The lowest BCUT2D eigenvalue weighted by Crippen LogP contribution is -2.19. The van der Waals surface area contributed by atoms with Gasteiger partial charge in [-0.2, -0.15) is 0 Å². The molecule has 106 valence electrons. The number of nitrogens with one attached hydrogen (secondary N) is 1. The summed E-state index contributed by atoms with van der Waals surface area (Å²) in [6.45, 7) is 2.38. The Morgan fingerprint density at radius 2 is 1.95 bits per heavy atom. The first-order valence-electron chi connectivity index (χ1n) is 6.09. The number of halogens is 4. The van der Waals surface area contributed by atoms with E-state index in [1.807, 2.05) is 13.0 Å². The molecule has 2 rings (SSSR count). The van der Waals surface area contributed by atoms with Gasteiger partial charge >= 0.3 is 0 Å². The highest BCUT2D eigenvalue weighted by molar-refractivity contribution is 9.10. The van der Waals surface area contributed by atoms with Gasteiger partial charge in [0, 0.05) is 32.7 Å². The Labute approximate surface area is 136 Å². The van der Waals surface area contributed by atoms with Crippen molar-refractivity contribution in [1.29, 1.82) is 0 Å². The summed E-state index contributed by atoms with van der Waals surface area (Å²) in [4.78, 5) is 0. The van der Waals surface area contributed by atoms with Crippen LogP contribution in [0, 0.1) is 5.82 Å². The molecule has 0 aromatic heterocycles. The van der Waals surface area contributed by atoms with Crippen LogP contribution in [0.3, 0.4) is 0 Å². The Hall–Kier alpha value is -0.610. The summed E-state index contributed by atoms with van der Waals surface area (Å²) in [5.41, 5.74) is 1.50. The fraction of sp³-hybridized carbons (Fsp3) is 0.200. The van der Waals surface area contributed by atoms with Gasteiger partial charge in [0.25, 0.3) is 0 Å². The molecule has 0 radical (unpaired) electrons. The lowest BCUT2D eigenvalue weighted by Gasteiger charge is -2.16. The highest BCUT2D eigenvalue weighted by Crippen LogP contribution is 2.26. The first kappa shape index (κ1) is 15.8. The molecule has 0 amide bonds. The van der Waals surface area contributed by atoms with E-state index in [9.17, 15) is 4.39 Å². The molecular formula is C15H13BrCl2FN. The minimum absolute atomic E-state index is 0.0282. The third kappa shape index (κ3) is 3.95. The smallest absolute Gasteiger partial charge is 0.127 e. The molecule has 0 aliphatic rings. The lowest BCUT2D eigenvalue weighted by molar-refractivity contribution is 0.544. The van der Waals surface area contributed by atoms with Crippen LogP contribution in [0.15, 0.2) is 40.9 Å². The van der Waals surface area contributed by atoms with E-state index in [1.54, 1.807) is 24.3 Å². The van der Waals surface area contributed by atoms with E-state index in [1.165, 1.54) is 6.07 Å². The maximum absolute atomic E-state index is 13.7. The average Bonchev–Trinajstić information content (AvgIpc) is 2.42. The van der Waals surface area contributed by atoms with Gasteiger partial charge in [-0.15, -0.1) is 0 Å². The summed E-state index contributed by atoms with van der Waals surface area (Å²) in [7, 11) is 0. The van der Waals surface area contributed by atoms with Gasteiger partial charge in [0.15, 0.2) is 0 Å². The minimum Gasteiger partial charge on any atom is -0.306 e. The quantitative estimate of drug-likeness (QED) is 0.716. The van der Waals surface area contributed by atoms with E-state index < -0.39 is 0 Å². The fourth-order valence-electron chi connectivity index (χ4n) is 1.90. The molecule has 0 saturated heterocycles.